The fourth-order valence-corrected chi connectivity index (χ4v) is 1.00. The maximum Gasteiger partial charge on any atom is 0.276 e. The highest BCUT2D eigenvalue weighted by atomic mass is 32.1. The Kier molecular flexibility index (Phi) is 4.53. The Labute approximate surface area is 98.9 Å². The summed E-state index contributed by atoms with van der Waals surface area (Å²) in [5, 5.41) is 0.00341. The van der Waals surface area contributed by atoms with Crippen LogP contribution in [0.5, 0.6) is 5.75 Å². The van der Waals surface area contributed by atoms with Gasteiger partial charge in [0.25, 0.3) is 5.91 Å². The lowest BCUT2D eigenvalue weighted by Crippen LogP contribution is -2.46. The minimum absolute atomic E-state index is 0.00341. The Balaban J connectivity index is 2.31. The van der Waals surface area contributed by atoms with Crippen LogP contribution in [0.15, 0.2) is 24.3 Å². The number of ether oxygens (including phenoxy) is 1. The molecule has 0 atom stereocenters. The van der Waals surface area contributed by atoms with Gasteiger partial charge in [-0.25, -0.2) is 0 Å². The Morgan fingerprint density at radius 1 is 1.38 bits per heavy atom. The average Bonchev–Trinajstić information content (AvgIpc) is 2.25. The van der Waals surface area contributed by atoms with E-state index in [1.807, 2.05) is 19.1 Å². The molecule has 1 aromatic carbocycles. The van der Waals surface area contributed by atoms with Crippen LogP contribution in [0.1, 0.15) is 5.56 Å². The van der Waals surface area contributed by atoms with E-state index in [0.717, 1.165) is 5.56 Å². The van der Waals surface area contributed by atoms with Crippen molar-refractivity contribution >= 4 is 23.2 Å². The molecule has 0 heterocycles. The van der Waals surface area contributed by atoms with Crippen LogP contribution in [-0.2, 0) is 4.79 Å². The number of rotatable bonds is 3. The number of hydrazine groups is 1. The van der Waals surface area contributed by atoms with Crippen molar-refractivity contribution in [3.05, 3.63) is 29.8 Å². The second kappa shape index (κ2) is 5.92. The van der Waals surface area contributed by atoms with Crippen LogP contribution < -0.4 is 21.3 Å². The number of carbonyl (C=O) groups excluding carboxylic acids is 1. The molecule has 0 unspecified atom stereocenters. The lowest BCUT2D eigenvalue weighted by molar-refractivity contribution is -0.123. The van der Waals surface area contributed by atoms with E-state index in [1.165, 1.54) is 0 Å². The maximum atomic E-state index is 11.2. The third kappa shape index (κ3) is 4.61. The quantitative estimate of drug-likeness (QED) is 0.520. The normalized spacial score (nSPS) is 9.31. The van der Waals surface area contributed by atoms with Crippen molar-refractivity contribution in [3.8, 4) is 5.75 Å². The lowest BCUT2D eigenvalue weighted by atomic mass is 10.2. The van der Waals surface area contributed by atoms with Gasteiger partial charge in [-0.2, -0.15) is 0 Å². The molecule has 0 saturated heterocycles. The summed E-state index contributed by atoms with van der Waals surface area (Å²) in [4.78, 5) is 11.2. The van der Waals surface area contributed by atoms with Crippen molar-refractivity contribution in [1.82, 2.24) is 10.9 Å². The number of carbonyl (C=O) groups is 1. The van der Waals surface area contributed by atoms with Crippen molar-refractivity contribution in [3.63, 3.8) is 0 Å². The van der Waals surface area contributed by atoms with Gasteiger partial charge in [0.05, 0.1) is 0 Å². The van der Waals surface area contributed by atoms with Gasteiger partial charge in [0.15, 0.2) is 11.7 Å². The Hall–Kier alpha value is -1.82. The number of aryl methyl sites for hydroxylation is 1. The van der Waals surface area contributed by atoms with E-state index in [9.17, 15) is 4.79 Å². The standard InChI is InChI=1S/C10H13N3O2S/c1-7-2-4-8(5-3-7)15-6-9(14)12-13-10(11)16/h2-5H,6H2,1H3,(H,12,14)(H3,11,13,16). The summed E-state index contributed by atoms with van der Waals surface area (Å²) in [5.41, 5.74) is 10.9. The average molecular weight is 239 g/mol. The molecule has 86 valence electrons. The molecule has 0 spiro atoms. The summed E-state index contributed by atoms with van der Waals surface area (Å²) >= 11 is 4.52. The number of thiocarbonyl (C=S) groups is 1. The zero-order chi connectivity index (χ0) is 12.0. The van der Waals surface area contributed by atoms with Gasteiger partial charge in [-0.3, -0.25) is 15.6 Å². The first-order chi connectivity index (χ1) is 7.58. The summed E-state index contributed by atoms with van der Waals surface area (Å²) < 4.78 is 5.22. The first kappa shape index (κ1) is 12.3. The summed E-state index contributed by atoms with van der Waals surface area (Å²) in [7, 11) is 0. The van der Waals surface area contributed by atoms with Crippen LogP contribution in [0.3, 0.4) is 0 Å². The number of amides is 1. The van der Waals surface area contributed by atoms with Crippen molar-refractivity contribution in [1.29, 1.82) is 0 Å². The molecule has 0 aliphatic rings. The van der Waals surface area contributed by atoms with Crippen LogP contribution in [-0.4, -0.2) is 17.6 Å². The van der Waals surface area contributed by atoms with Crippen molar-refractivity contribution in [2.75, 3.05) is 6.61 Å². The molecule has 1 rings (SSSR count). The van der Waals surface area contributed by atoms with Gasteiger partial charge in [0.2, 0.25) is 0 Å². The molecule has 0 aliphatic heterocycles. The highest BCUT2D eigenvalue weighted by molar-refractivity contribution is 7.80. The smallest absolute Gasteiger partial charge is 0.276 e. The number of nitrogens with two attached hydrogens (primary N) is 1. The largest absolute Gasteiger partial charge is 0.484 e. The van der Waals surface area contributed by atoms with Gasteiger partial charge < -0.3 is 10.5 Å². The first-order valence-electron chi connectivity index (χ1n) is 4.61. The number of benzene rings is 1. The van der Waals surface area contributed by atoms with E-state index in [0.29, 0.717) is 5.75 Å². The monoisotopic (exact) mass is 239 g/mol. The van der Waals surface area contributed by atoms with Gasteiger partial charge in [-0.05, 0) is 31.3 Å². The SMILES string of the molecule is Cc1ccc(OCC(=O)NNC(N)=S)cc1. The van der Waals surface area contributed by atoms with Crippen LogP contribution >= 0.6 is 12.2 Å². The van der Waals surface area contributed by atoms with Gasteiger partial charge >= 0.3 is 0 Å². The predicted octanol–water partition coefficient (Wildman–Crippen LogP) is 0.238. The fourth-order valence-electron chi connectivity index (χ4n) is 0.951. The molecule has 0 fully saturated rings. The molecule has 5 nitrogen and oxygen atoms in total. The topological polar surface area (TPSA) is 76.4 Å². The second-order valence-electron chi connectivity index (χ2n) is 3.14. The molecule has 0 bridgehead atoms. The van der Waals surface area contributed by atoms with Gasteiger partial charge in [0.1, 0.15) is 5.75 Å². The van der Waals surface area contributed by atoms with Gasteiger partial charge in [0, 0.05) is 0 Å². The Morgan fingerprint density at radius 2 is 2.00 bits per heavy atom. The number of hydrogen-bond acceptors (Lipinski definition) is 3. The molecule has 16 heavy (non-hydrogen) atoms. The molecule has 4 N–H and O–H groups in total. The third-order valence-corrected chi connectivity index (χ3v) is 1.82. The van der Waals surface area contributed by atoms with Crippen LogP contribution in [0.4, 0.5) is 0 Å². The number of hydrogen-bond donors (Lipinski definition) is 3. The molecular formula is C10H13N3O2S. The molecule has 0 saturated carbocycles. The van der Waals surface area contributed by atoms with Gasteiger partial charge in [-0.15, -0.1) is 0 Å². The molecule has 6 heteroatoms. The van der Waals surface area contributed by atoms with Crippen molar-refractivity contribution in [2.24, 2.45) is 5.73 Å². The zero-order valence-electron chi connectivity index (χ0n) is 8.82. The fraction of sp³-hybridized carbons (Fsp3) is 0.200. The first-order valence-corrected chi connectivity index (χ1v) is 5.02. The summed E-state index contributed by atoms with van der Waals surface area (Å²) in [6.45, 7) is 1.88. The van der Waals surface area contributed by atoms with E-state index in [1.54, 1.807) is 12.1 Å². The highest BCUT2D eigenvalue weighted by Crippen LogP contribution is 2.10. The maximum absolute atomic E-state index is 11.2. The van der Waals surface area contributed by atoms with Crippen LogP contribution in [0, 0.1) is 6.92 Å². The molecule has 0 aliphatic carbocycles. The second-order valence-corrected chi connectivity index (χ2v) is 3.58. The third-order valence-electron chi connectivity index (χ3n) is 1.72. The minimum atomic E-state index is -0.353. The molecular weight excluding hydrogens is 226 g/mol. The molecule has 0 radical (unpaired) electrons. The lowest BCUT2D eigenvalue weighted by Gasteiger charge is -2.08. The molecule has 1 aromatic rings. The van der Waals surface area contributed by atoms with E-state index >= 15 is 0 Å². The Morgan fingerprint density at radius 3 is 2.56 bits per heavy atom. The van der Waals surface area contributed by atoms with E-state index < -0.39 is 0 Å². The summed E-state index contributed by atoms with van der Waals surface area (Å²) in [6.07, 6.45) is 0. The Bertz CT molecular complexity index is 378. The summed E-state index contributed by atoms with van der Waals surface area (Å²) in [6, 6.07) is 7.40. The van der Waals surface area contributed by atoms with Crippen LogP contribution in [0.25, 0.3) is 0 Å². The summed E-state index contributed by atoms with van der Waals surface area (Å²) in [5.74, 6) is 0.282. The molecule has 0 aromatic heterocycles. The predicted molar refractivity (Wildman–Crippen MR) is 64.7 cm³/mol. The van der Waals surface area contributed by atoms with Gasteiger partial charge in [-0.1, -0.05) is 17.7 Å². The van der Waals surface area contributed by atoms with Crippen molar-refractivity contribution in [2.45, 2.75) is 6.92 Å². The molecule has 1 amide bonds. The van der Waals surface area contributed by atoms with E-state index in [2.05, 4.69) is 23.1 Å². The van der Waals surface area contributed by atoms with E-state index in [-0.39, 0.29) is 17.6 Å². The van der Waals surface area contributed by atoms with E-state index in [4.69, 9.17) is 10.5 Å². The number of nitrogens with one attached hydrogen (secondary N) is 2. The van der Waals surface area contributed by atoms with Crippen molar-refractivity contribution < 1.29 is 9.53 Å². The highest BCUT2D eigenvalue weighted by Gasteiger charge is 2.01. The van der Waals surface area contributed by atoms with Crippen LogP contribution in [0.2, 0.25) is 0 Å². The minimum Gasteiger partial charge on any atom is -0.484 e. The zero-order valence-corrected chi connectivity index (χ0v) is 9.64.